The van der Waals surface area contributed by atoms with Crippen LogP contribution in [-0.4, -0.2) is 26.6 Å². The summed E-state index contributed by atoms with van der Waals surface area (Å²) in [6.07, 6.45) is 3.27. The van der Waals surface area contributed by atoms with Crippen LogP contribution in [0.5, 0.6) is 23.0 Å². The van der Waals surface area contributed by atoms with Crippen molar-refractivity contribution in [1.29, 1.82) is 0 Å². The maximum Gasteiger partial charge on any atom is 2.00 e. The summed E-state index contributed by atoms with van der Waals surface area (Å²) in [6, 6.07) is 50.3. The van der Waals surface area contributed by atoms with E-state index < -0.39 is 0 Å². The van der Waals surface area contributed by atoms with Crippen LogP contribution in [0.2, 0.25) is 0 Å². The summed E-state index contributed by atoms with van der Waals surface area (Å²) in [5.41, 5.74) is 5.36. The third kappa shape index (κ3) is 9.69. The number of hydrogen-bond acceptors (Lipinski definition) is 6. The second-order valence-electron chi connectivity index (χ2n) is 10.8. The van der Waals surface area contributed by atoms with Crippen molar-refractivity contribution in [2.75, 3.05) is 14.2 Å². The van der Waals surface area contributed by atoms with Crippen molar-refractivity contribution in [3.8, 4) is 23.0 Å². The predicted molar refractivity (Wildman–Crippen MR) is 190 cm³/mol. The maximum absolute atomic E-state index is 12.3. The monoisotopic (exact) mass is 690 g/mol. The predicted octanol–water partition coefficient (Wildman–Crippen LogP) is 7.95. The van der Waals surface area contributed by atoms with Gasteiger partial charge in [-0.25, -0.2) is 0 Å². The first-order valence-corrected chi connectivity index (χ1v) is 15.5. The number of nitrogens with zero attached hydrogens (tertiary/aromatic N) is 2. The van der Waals surface area contributed by atoms with E-state index in [-0.39, 0.29) is 40.1 Å². The zero-order valence-electron chi connectivity index (χ0n) is 27.2. The van der Waals surface area contributed by atoms with E-state index >= 15 is 0 Å². The van der Waals surface area contributed by atoms with Gasteiger partial charge in [0.2, 0.25) is 0 Å². The van der Waals surface area contributed by atoms with Crippen LogP contribution in [0.1, 0.15) is 45.5 Å². The summed E-state index contributed by atoms with van der Waals surface area (Å²) >= 11 is 0. The average Bonchev–Trinajstić information content (AvgIpc) is 3.15. The minimum absolute atomic E-state index is 0. The number of para-hydroxylation sites is 2. The molecule has 0 aliphatic carbocycles. The molecule has 0 fully saturated rings. The molecule has 248 valence electrons. The Morgan fingerprint density at radius 1 is 0.429 bits per heavy atom. The van der Waals surface area contributed by atoms with Crippen molar-refractivity contribution in [3.05, 3.63) is 191 Å². The molecule has 0 aliphatic rings. The zero-order chi connectivity index (χ0) is 33.6. The minimum atomic E-state index is -0.155. The van der Waals surface area contributed by atoms with E-state index in [1.165, 1.54) is 14.2 Å². The first kappa shape index (κ1) is 36.2. The van der Waals surface area contributed by atoms with E-state index in [0.717, 1.165) is 22.3 Å². The molecule has 0 heterocycles. The van der Waals surface area contributed by atoms with Gasteiger partial charge in [0.1, 0.15) is 11.5 Å². The fourth-order valence-corrected chi connectivity index (χ4v) is 5.17. The van der Waals surface area contributed by atoms with E-state index in [1.807, 2.05) is 121 Å². The zero-order valence-corrected chi connectivity index (χ0v) is 28.2. The quantitative estimate of drug-likeness (QED) is 0.108. The molecule has 0 atom stereocenters. The van der Waals surface area contributed by atoms with E-state index in [2.05, 4.69) is 0 Å². The molecule has 0 aromatic heterocycles. The Kier molecular flexibility index (Phi) is 13.8. The van der Waals surface area contributed by atoms with Gasteiger partial charge in [0.25, 0.3) is 0 Å². The number of methoxy groups -OCH3 is 2. The Balaban J connectivity index is 0.000000216. The molecule has 0 saturated heterocycles. The second kappa shape index (κ2) is 18.6. The largest absolute Gasteiger partial charge is 2.00 e. The number of rotatable bonds is 10. The minimum Gasteiger partial charge on any atom is -0.870 e. The fraction of sp³-hybridized carbons (Fsp3) is 0.0952. The molecule has 0 radical (unpaired) electrons. The molecule has 6 aromatic rings. The van der Waals surface area contributed by atoms with Crippen molar-refractivity contribution in [3.63, 3.8) is 0 Å². The Morgan fingerprint density at radius 3 is 0.980 bits per heavy atom. The molecule has 7 heteroatoms. The second-order valence-corrected chi connectivity index (χ2v) is 10.8. The van der Waals surface area contributed by atoms with Crippen molar-refractivity contribution in [2.45, 2.75) is 12.1 Å². The van der Waals surface area contributed by atoms with Gasteiger partial charge in [0, 0.05) is 12.4 Å². The Bertz CT molecular complexity index is 1700. The third-order valence-electron chi connectivity index (χ3n) is 7.65. The van der Waals surface area contributed by atoms with Crippen molar-refractivity contribution >= 4 is 12.4 Å². The first-order chi connectivity index (χ1) is 23.6. The summed E-state index contributed by atoms with van der Waals surface area (Å²) in [5, 5.41) is 24.5. The Morgan fingerprint density at radius 2 is 0.714 bits per heavy atom. The molecule has 0 aliphatic heterocycles. The fourth-order valence-electron chi connectivity index (χ4n) is 5.17. The molecule has 0 N–H and O–H groups in total. The van der Waals surface area contributed by atoms with E-state index in [0.29, 0.717) is 22.6 Å². The van der Waals surface area contributed by atoms with Crippen LogP contribution in [0.15, 0.2) is 168 Å². The van der Waals surface area contributed by atoms with Crippen molar-refractivity contribution in [2.24, 2.45) is 9.98 Å². The van der Waals surface area contributed by atoms with Gasteiger partial charge in [-0.2, -0.15) is 0 Å². The van der Waals surface area contributed by atoms with Crippen LogP contribution in [0.4, 0.5) is 0 Å². The third-order valence-corrected chi connectivity index (χ3v) is 7.65. The molecule has 6 aromatic carbocycles. The topological polar surface area (TPSA) is 89.3 Å². The van der Waals surface area contributed by atoms with Gasteiger partial charge < -0.3 is 19.7 Å². The van der Waals surface area contributed by atoms with Gasteiger partial charge >= 0.3 is 16.5 Å². The normalized spacial score (nSPS) is 10.9. The van der Waals surface area contributed by atoms with E-state index in [1.54, 1.807) is 48.8 Å². The van der Waals surface area contributed by atoms with Crippen LogP contribution < -0.4 is 19.7 Å². The molecule has 49 heavy (non-hydrogen) atoms. The number of aliphatic imine (C=N–C) groups is 2. The first-order valence-electron chi connectivity index (χ1n) is 15.5. The molecule has 0 unspecified atom stereocenters. The SMILES string of the molecule is COc1cccc(C=NC(c2ccccc2)c2ccccc2)c1[O-].COc1cccc(C=NC(c2ccccc2)c2ccccc2)c1[O-].[Ni+2]. The van der Waals surface area contributed by atoms with Gasteiger partial charge in [-0.15, -0.1) is 0 Å². The maximum atomic E-state index is 12.3. The molecule has 0 spiro atoms. The summed E-state index contributed by atoms with van der Waals surface area (Å²) < 4.78 is 10.2. The Hall–Kier alpha value is -5.65. The molecular weight excluding hydrogens is 655 g/mol. The number of ether oxygens (including phenoxy) is 2. The molecular formula is C42H36N2NiO4. The van der Waals surface area contributed by atoms with E-state index in [4.69, 9.17) is 19.5 Å². The summed E-state index contributed by atoms with van der Waals surface area (Å²) in [7, 11) is 2.99. The molecule has 6 nitrogen and oxygen atoms in total. The van der Waals surface area contributed by atoms with Gasteiger partial charge in [-0.3, -0.25) is 9.98 Å². The standard InChI is InChI=1S/2C21H19NO2.Ni/c2*1-24-19-14-8-13-18(21(19)23)15-22-20(16-9-4-2-5-10-16)17-11-6-3-7-12-17;/h2*2-15,20,23H,1H3;/q;;+2/p-2. The van der Waals surface area contributed by atoms with Gasteiger partial charge in [0.05, 0.1) is 26.3 Å². The smallest absolute Gasteiger partial charge is 0.870 e. The van der Waals surface area contributed by atoms with Crippen LogP contribution in [0.25, 0.3) is 0 Å². The molecule has 0 saturated carbocycles. The Labute approximate surface area is 298 Å². The van der Waals surface area contributed by atoms with Crippen molar-refractivity contribution in [1.82, 2.24) is 0 Å². The van der Waals surface area contributed by atoms with Crippen LogP contribution in [-0.2, 0) is 16.5 Å². The summed E-state index contributed by atoms with van der Waals surface area (Å²) in [6.45, 7) is 0. The number of hydrogen-bond donors (Lipinski definition) is 0. The van der Waals surface area contributed by atoms with Crippen LogP contribution in [0.3, 0.4) is 0 Å². The van der Waals surface area contributed by atoms with Gasteiger partial charge in [0.15, 0.2) is 0 Å². The van der Waals surface area contributed by atoms with Crippen LogP contribution in [0, 0.1) is 0 Å². The van der Waals surface area contributed by atoms with Gasteiger partial charge in [-0.1, -0.05) is 157 Å². The molecule has 0 amide bonds. The molecule has 6 rings (SSSR count). The van der Waals surface area contributed by atoms with Crippen LogP contribution >= 0.6 is 0 Å². The molecule has 0 bridgehead atoms. The van der Waals surface area contributed by atoms with Crippen molar-refractivity contribution < 1.29 is 36.2 Å². The summed E-state index contributed by atoms with van der Waals surface area (Å²) in [5.74, 6) is 0.358. The van der Waals surface area contributed by atoms with E-state index in [9.17, 15) is 10.2 Å². The summed E-state index contributed by atoms with van der Waals surface area (Å²) in [4.78, 5) is 9.38. The number of benzene rings is 6. The average molecular weight is 691 g/mol. The van der Waals surface area contributed by atoms with Gasteiger partial charge in [-0.05, 0) is 45.5 Å².